The molecule has 2 aromatic rings. The Morgan fingerprint density at radius 3 is 2.77 bits per heavy atom. The quantitative estimate of drug-likeness (QED) is 0.390. The van der Waals surface area contributed by atoms with Crippen LogP contribution in [0.5, 0.6) is 0 Å². The average Bonchev–Trinajstić information content (AvgIpc) is 3.06. The zero-order valence-electron chi connectivity index (χ0n) is 11.2. The second-order valence-corrected chi connectivity index (χ2v) is 4.69. The molecular formula is C13H10N4O5. The lowest BCUT2D eigenvalue weighted by Gasteiger charge is -2.06. The van der Waals surface area contributed by atoms with Crippen molar-refractivity contribution in [1.29, 1.82) is 0 Å². The largest absolute Gasteiger partial charge is 0.434 e. The van der Waals surface area contributed by atoms with E-state index in [0.29, 0.717) is 5.56 Å². The highest BCUT2D eigenvalue weighted by molar-refractivity contribution is 6.21. The number of hydrogen-bond donors (Lipinski definition) is 1. The molecule has 3 rings (SSSR count). The van der Waals surface area contributed by atoms with Crippen LogP contribution in [0.4, 0.5) is 5.95 Å². The Bertz CT molecular complexity index is 797. The fourth-order valence-electron chi connectivity index (χ4n) is 2.44. The normalized spacial score (nSPS) is 13.6. The van der Waals surface area contributed by atoms with Crippen LogP contribution < -0.4 is 0 Å². The van der Waals surface area contributed by atoms with E-state index in [2.05, 4.69) is 4.98 Å². The van der Waals surface area contributed by atoms with E-state index in [-0.39, 0.29) is 35.1 Å². The molecule has 9 heteroatoms. The molecule has 1 N–H and O–H groups in total. The summed E-state index contributed by atoms with van der Waals surface area (Å²) in [7, 11) is 0. The predicted octanol–water partition coefficient (Wildman–Crippen LogP) is 1.02. The number of rotatable bonds is 4. The highest BCUT2D eigenvalue weighted by atomic mass is 16.6. The summed E-state index contributed by atoms with van der Waals surface area (Å²) >= 11 is 0. The number of carbonyl (C=O) groups is 2. The van der Waals surface area contributed by atoms with Crippen LogP contribution in [0.2, 0.25) is 0 Å². The summed E-state index contributed by atoms with van der Waals surface area (Å²) in [6.45, 7) is 0.222. The molecule has 1 aromatic carbocycles. The Morgan fingerprint density at radius 1 is 1.27 bits per heavy atom. The SMILES string of the molecule is O=C1c2cccc(CCn3ccnc3[N+](=O)[O-])c2C(=O)N1O. The second kappa shape index (κ2) is 5.04. The number of hydroxylamine groups is 2. The van der Waals surface area contributed by atoms with Gasteiger partial charge >= 0.3 is 5.95 Å². The smallest absolute Gasteiger partial charge is 0.390 e. The third-order valence-corrected chi connectivity index (χ3v) is 3.46. The van der Waals surface area contributed by atoms with Crippen molar-refractivity contribution in [1.82, 2.24) is 14.6 Å². The number of fused-ring (bicyclic) bond motifs is 1. The van der Waals surface area contributed by atoms with Gasteiger partial charge in [-0.2, -0.15) is 0 Å². The molecule has 1 aromatic heterocycles. The minimum atomic E-state index is -0.782. The number of benzene rings is 1. The van der Waals surface area contributed by atoms with Gasteiger partial charge in [0.05, 0.1) is 17.7 Å². The Labute approximate surface area is 123 Å². The van der Waals surface area contributed by atoms with Gasteiger partial charge in [0, 0.05) is 6.42 Å². The molecule has 0 fully saturated rings. The maximum atomic E-state index is 11.9. The van der Waals surface area contributed by atoms with E-state index in [1.54, 1.807) is 12.1 Å². The molecular weight excluding hydrogens is 292 g/mol. The van der Waals surface area contributed by atoms with E-state index in [1.165, 1.54) is 23.0 Å². The van der Waals surface area contributed by atoms with Crippen molar-refractivity contribution in [2.75, 3.05) is 0 Å². The Balaban J connectivity index is 1.89. The van der Waals surface area contributed by atoms with Crippen LogP contribution in [0.15, 0.2) is 30.6 Å². The summed E-state index contributed by atoms with van der Waals surface area (Å²) in [5.41, 5.74) is 0.804. The Morgan fingerprint density at radius 2 is 2.05 bits per heavy atom. The Hall–Kier alpha value is -3.07. The van der Waals surface area contributed by atoms with E-state index in [9.17, 15) is 24.9 Å². The number of carbonyl (C=O) groups excluding carboxylic acids is 2. The monoisotopic (exact) mass is 302 g/mol. The summed E-state index contributed by atoms with van der Waals surface area (Å²) in [6, 6.07) is 4.70. The molecule has 1 aliphatic rings. The van der Waals surface area contributed by atoms with Gasteiger partial charge in [0.2, 0.25) is 0 Å². The molecule has 0 bridgehead atoms. The molecule has 112 valence electrons. The summed E-state index contributed by atoms with van der Waals surface area (Å²) in [4.78, 5) is 37.4. The Kier molecular flexibility index (Phi) is 3.18. The van der Waals surface area contributed by atoms with Crippen LogP contribution in [0.3, 0.4) is 0 Å². The zero-order chi connectivity index (χ0) is 15.9. The number of nitrogens with zero attached hydrogens (tertiary/aromatic N) is 4. The first-order valence-electron chi connectivity index (χ1n) is 6.35. The highest BCUT2D eigenvalue weighted by Gasteiger charge is 2.36. The molecule has 1 aliphatic heterocycles. The van der Waals surface area contributed by atoms with Crippen LogP contribution in [0, 0.1) is 10.1 Å². The topological polar surface area (TPSA) is 119 Å². The van der Waals surface area contributed by atoms with Gasteiger partial charge in [0.15, 0.2) is 0 Å². The van der Waals surface area contributed by atoms with Gasteiger partial charge in [0.1, 0.15) is 12.4 Å². The first-order chi connectivity index (χ1) is 10.5. The average molecular weight is 302 g/mol. The van der Waals surface area contributed by atoms with Crippen LogP contribution in [-0.4, -0.2) is 36.6 Å². The second-order valence-electron chi connectivity index (χ2n) is 4.69. The molecule has 0 unspecified atom stereocenters. The van der Waals surface area contributed by atoms with Gasteiger partial charge < -0.3 is 10.1 Å². The van der Waals surface area contributed by atoms with Gasteiger partial charge in [-0.05, 0) is 16.6 Å². The molecule has 22 heavy (non-hydrogen) atoms. The molecule has 0 spiro atoms. The van der Waals surface area contributed by atoms with Crippen molar-refractivity contribution in [2.45, 2.75) is 13.0 Å². The molecule has 0 saturated heterocycles. The minimum absolute atomic E-state index is 0.0772. The molecule has 0 radical (unpaired) electrons. The van der Waals surface area contributed by atoms with Crippen LogP contribution in [-0.2, 0) is 13.0 Å². The van der Waals surface area contributed by atoms with E-state index in [0.717, 1.165) is 0 Å². The van der Waals surface area contributed by atoms with E-state index in [4.69, 9.17) is 0 Å². The first-order valence-corrected chi connectivity index (χ1v) is 6.35. The van der Waals surface area contributed by atoms with Gasteiger partial charge in [-0.3, -0.25) is 14.8 Å². The number of nitro groups is 1. The number of aromatic nitrogens is 2. The number of imide groups is 1. The summed E-state index contributed by atoms with van der Waals surface area (Å²) in [6.07, 6.45) is 3.07. The molecule has 2 amide bonds. The lowest BCUT2D eigenvalue weighted by molar-refractivity contribution is -0.396. The van der Waals surface area contributed by atoms with Crippen LogP contribution >= 0.6 is 0 Å². The number of aryl methyl sites for hydroxylation is 2. The molecule has 0 aliphatic carbocycles. The lowest BCUT2D eigenvalue weighted by Crippen LogP contribution is -2.25. The van der Waals surface area contributed by atoms with Crippen LogP contribution in [0.25, 0.3) is 0 Å². The van der Waals surface area contributed by atoms with Crippen molar-refractivity contribution in [3.05, 3.63) is 57.4 Å². The zero-order valence-corrected chi connectivity index (χ0v) is 11.2. The van der Waals surface area contributed by atoms with E-state index >= 15 is 0 Å². The first kappa shape index (κ1) is 13.9. The van der Waals surface area contributed by atoms with Gasteiger partial charge in [-0.25, -0.2) is 4.57 Å². The standard InChI is InChI=1S/C13H10N4O5/c18-11-9-3-1-2-8(10(9)12(19)16(11)20)4-6-15-7-5-14-13(15)17(21)22/h1-3,5,7,20H,4,6H2. The van der Waals surface area contributed by atoms with E-state index < -0.39 is 16.7 Å². The van der Waals surface area contributed by atoms with Gasteiger partial charge in [-0.15, -0.1) is 5.06 Å². The predicted molar refractivity (Wildman–Crippen MR) is 71.3 cm³/mol. The van der Waals surface area contributed by atoms with Crippen molar-refractivity contribution in [2.24, 2.45) is 0 Å². The minimum Gasteiger partial charge on any atom is -0.390 e. The van der Waals surface area contributed by atoms with Crippen LogP contribution in [0.1, 0.15) is 26.3 Å². The molecule has 9 nitrogen and oxygen atoms in total. The van der Waals surface area contributed by atoms with E-state index in [1.807, 2.05) is 0 Å². The number of amides is 2. The highest BCUT2D eigenvalue weighted by Crippen LogP contribution is 2.25. The lowest BCUT2D eigenvalue weighted by atomic mass is 10.0. The molecule has 0 saturated carbocycles. The molecule has 0 atom stereocenters. The van der Waals surface area contributed by atoms with Crippen molar-refractivity contribution in [3.63, 3.8) is 0 Å². The summed E-state index contributed by atoms with van der Waals surface area (Å²) in [5.74, 6) is -1.84. The van der Waals surface area contributed by atoms with Gasteiger partial charge in [0.25, 0.3) is 11.8 Å². The third kappa shape index (κ3) is 2.04. The number of hydrogen-bond acceptors (Lipinski definition) is 6. The third-order valence-electron chi connectivity index (χ3n) is 3.46. The molecule has 2 heterocycles. The fraction of sp³-hybridized carbons (Fsp3) is 0.154. The summed E-state index contributed by atoms with van der Waals surface area (Å²) in [5, 5.41) is 20.3. The number of imidazole rings is 1. The van der Waals surface area contributed by atoms with Crippen molar-refractivity contribution in [3.8, 4) is 0 Å². The van der Waals surface area contributed by atoms with Crippen molar-refractivity contribution >= 4 is 17.8 Å². The van der Waals surface area contributed by atoms with Crippen molar-refractivity contribution < 1.29 is 19.7 Å². The maximum absolute atomic E-state index is 11.9. The summed E-state index contributed by atoms with van der Waals surface area (Å²) < 4.78 is 1.34. The van der Waals surface area contributed by atoms with Gasteiger partial charge in [-0.1, -0.05) is 17.1 Å². The maximum Gasteiger partial charge on any atom is 0.434 e. The fourth-order valence-corrected chi connectivity index (χ4v) is 2.44.